The van der Waals surface area contributed by atoms with Gasteiger partial charge in [-0.25, -0.2) is 9.37 Å². The van der Waals surface area contributed by atoms with Crippen LogP contribution < -0.4 is 5.32 Å². The number of nitriles is 1. The molecule has 5 rings (SSSR count). The first-order valence-corrected chi connectivity index (χ1v) is 12.2. The van der Waals surface area contributed by atoms with Gasteiger partial charge in [0.2, 0.25) is 5.91 Å². The predicted octanol–water partition coefficient (Wildman–Crippen LogP) is 5.58. The summed E-state index contributed by atoms with van der Waals surface area (Å²) in [5, 5.41) is 12.7. The van der Waals surface area contributed by atoms with Crippen molar-refractivity contribution in [2.45, 2.75) is 51.5 Å². The van der Waals surface area contributed by atoms with Gasteiger partial charge in [0.25, 0.3) is 0 Å². The zero-order valence-electron chi connectivity index (χ0n) is 19.3. The van der Waals surface area contributed by atoms with Gasteiger partial charge in [-0.3, -0.25) is 9.69 Å². The van der Waals surface area contributed by atoms with E-state index in [0.717, 1.165) is 63.7 Å². The van der Waals surface area contributed by atoms with E-state index in [1.54, 1.807) is 24.3 Å². The van der Waals surface area contributed by atoms with E-state index in [2.05, 4.69) is 27.3 Å². The van der Waals surface area contributed by atoms with Crippen LogP contribution in [0.5, 0.6) is 0 Å². The maximum Gasteiger partial charge on any atom is 0.231 e. The van der Waals surface area contributed by atoms with Gasteiger partial charge < -0.3 is 5.32 Å². The van der Waals surface area contributed by atoms with E-state index in [9.17, 15) is 9.18 Å². The Morgan fingerprint density at radius 3 is 2.79 bits per heavy atom. The summed E-state index contributed by atoms with van der Waals surface area (Å²) < 4.78 is 14.0. The summed E-state index contributed by atoms with van der Waals surface area (Å²) in [7, 11) is 0. The Hall–Kier alpha value is -3.30. The molecule has 0 saturated heterocycles. The van der Waals surface area contributed by atoms with Crippen molar-refractivity contribution in [2.75, 3.05) is 18.4 Å². The van der Waals surface area contributed by atoms with E-state index in [1.807, 2.05) is 12.1 Å². The van der Waals surface area contributed by atoms with Gasteiger partial charge in [0.05, 0.1) is 22.6 Å². The van der Waals surface area contributed by atoms with Gasteiger partial charge in [-0.1, -0.05) is 31.4 Å². The Bertz CT molecular complexity index is 1260. The third kappa shape index (κ3) is 4.53. The van der Waals surface area contributed by atoms with Crippen LogP contribution in [0.1, 0.15) is 55.2 Å². The lowest BCUT2D eigenvalue weighted by molar-refractivity contribution is -0.128. The van der Waals surface area contributed by atoms with Crippen LogP contribution in [0.4, 0.5) is 10.2 Å². The van der Waals surface area contributed by atoms with Crippen LogP contribution in [0.3, 0.4) is 0 Å². The first-order chi connectivity index (χ1) is 16.6. The quantitative estimate of drug-likeness (QED) is 0.544. The predicted molar refractivity (Wildman–Crippen MR) is 131 cm³/mol. The van der Waals surface area contributed by atoms with Gasteiger partial charge >= 0.3 is 0 Å². The molecule has 0 spiro atoms. The number of anilines is 1. The zero-order valence-corrected chi connectivity index (χ0v) is 19.3. The van der Waals surface area contributed by atoms with Gasteiger partial charge in [-0.2, -0.15) is 5.26 Å². The fraction of sp³-hybridized carbons (Fsp3) is 0.393. The van der Waals surface area contributed by atoms with Crippen molar-refractivity contribution in [3.63, 3.8) is 0 Å². The number of hydrogen-bond acceptors (Lipinski definition) is 4. The number of amides is 1. The first kappa shape index (κ1) is 22.5. The summed E-state index contributed by atoms with van der Waals surface area (Å²) in [4.78, 5) is 20.5. The average Bonchev–Trinajstić information content (AvgIpc) is 2.87. The molecular formula is C28H29FN4O. The molecule has 2 aliphatic rings. The summed E-state index contributed by atoms with van der Waals surface area (Å²) in [5.74, 6) is 0.207. The molecule has 0 atom stereocenters. The summed E-state index contributed by atoms with van der Waals surface area (Å²) in [6, 6.07) is 16.4. The Kier molecular flexibility index (Phi) is 6.30. The van der Waals surface area contributed by atoms with Crippen LogP contribution in [-0.4, -0.2) is 28.9 Å². The van der Waals surface area contributed by atoms with E-state index >= 15 is 0 Å². The minimum absolute atomic E-state index is 0.0338. The van der Waals surface area contributed by atoms with Gasteiger partial charge in [0.1, 0.15) is 11.6 Å². The minimum atomic E-state index is -0.401. The molecule has 3 aromatic rings. The molecule has 1 aromatic heterocycles. The number of fused-ring (bicyclic) bond motifs is 2. The number of hydrogen-bond donors (Lipinski definition) is 1. The van der Waals surface area contributed by atoms with Crippen LogP contribution in [0.15, 0.2) is 48.5 Å². The van der Waals surface area contributed by atoms with E-state index in [-0.39, 0.29) is 11.7 Å². The van der Waals surface area contributed by atoms with Crippen molar-refractivity contribution >= 4 is 22.6 Å². The molecule has 1 aliphatic carbocycles. The first-order valence-electron chi connectivity index (χ1n) is 12.2. The van der Waals surface area contributed by atoms with Gasteiger partial charge in [-0.15, -0.1) is 0 Å². The normalized spacial score (nSPS) is 17.6. The van der Waals surface area contributed by atoms with Gasteiger partial charge in [-0.05, 0) is 79.8 Å². The van der Waals surface area contributed by atoms with Crippen LogP contribution in [0.25, 0.3) is 10.9 Å². The third-order valence-corrected chi connectivity index (χ3v) is 7.55. The van der Waals surface area contributed by atoms with Crippen LogP contribution >= 0.6 is 0 Å². The summed E-state index contributed by atoms with van der Waals surface area (Å²) >= 11 is 0. The number of nitrogens with one attached hydrogen (secondary N) is 1. The number of nitrogens with zero attached hydrogens (tertiary/aromatic N) is 3. The zero-order chi connectivity index (χ0) is 23.5. The second kappa shape index (κ2) is 9.52. The lowest BCUT2D eigenvalue weighted by Crippen LogP contribution is -2.42. The molecule has 0 radical (unpaired) electrons. The largest absolute Gasteiger partial charge is 0.310 e. The van der Waals surface area contributed by atoms with Crippen molar-refractivity contribution in [3.8, 4) is 6.07 Å². The molecule has 6 heteroatoms. The number of carbonyl (C=O) groups is 1. The molecule has 1 N–H and O–H groups in total. The maximum atomic E-state index is 14.0. The van der Waals surface area contributed by atoms with Crippen LogP contribution in [0.2, 0.25) is 0 Å². The summed E-state index contributed by atoms with van der Waals surface area (Å²) in [6.07, 6.45) is 6.80. The lowest BCUT2D eigenvalue weighted by Gasteiger charge is -2.38. The smallest absolute Gasteiger partial charge is 0.231 e. The van der Waals surface area contributed by atoms with Crippen molar-refractivity contribution in [3.05, 3.63) is 71.0 Å². The van der Waals surface area contributed by atoms with E-state index < -0.39 is 5.41 Å². The number of carbonyl (C=O) groups excluding carboxylic acids is 1. The number of pyridine rings is 1. The van der Waals surface area contributed by atoms with E-state index in [1.165, 1.54) is 23.6 Å². The van der Waals surface area contributed by atoms with Crippen LogP contribution in [-0.2, 0) is 17.8 Å². The van der Waals surface area contributed by atoms with Gasteiger partial charge in [0.15, 0.2) is 0 Å². The van der Waals surface area contributed by atoms with E-state index in [0.29, 0.717) is 16.7 Å². The molecule has 2 aromatic carbocycles. The highest BCUT2D eigenvalue weighted by molar-refractivity contribution is 5.95. The topological polar surface area (TPSA) is 69.0 Å². The molecular weight excluding hydrogens is 427 g/mol. The number of benzene rings is 2. The third-order valence-electron chi connectivity index (χ3n) is 7.55. The molecule has 1 aliphatic heterocycles. The van der Waals surface area contributed by atoms with Crippen LogP contribution in [0, 0.1) is 22.6 Å². The Labute approximate surface area is 199 Å². The number of halogens is 1. The Balaban J connectivity index is 1.29. The fourth-order valence-corrected chi connectivity index (χ4v) is 5.50. The van der Waals surface area contributed by atoms with Crippen molar-refractivity contribution in [2.24, 2.45) is 5.41 Å². The highest BCUT2D eigenvalue weighted by Gasteiger charge is 2.39. The highest BCUT2D eigenvalue weighted by atomic mass is 19.1. The second-order valence-electron chi connectivity index (χ2n) is 9.67. The SMILES string of the molecule is N#Cc1ccc2c(c1)CCN(CCC1(C(=O)Nc3ccc4c(F)cccc4n3)CCCCC1)C2. The standard InChI is InChI=1S/C28H29FN4O/c29-24-5-4-6-25-23(24)9-10-26(31-25)32-27(34)28(12-2-1-3-13-28)14-16-33-15-11-21-17-20(18-30)7-8-22(21)19-33/h4-10,17H,1-3,11-16,19H2,(H,31,32,34). The minimum Gasteiger partial charge on any atom is -0.310 e. The molecule has 1 amide bonds. The molecule has 34 heavy (non-hydrogen) atoms. The Morgan fingerprint density at radius 1 is 1.12 bits per heavy atom. The van der Waals surface area contributed by atoms with E-state index in [4.69, 9.17) is 5.26 Å². The average molecular weight is 457 g/mol. The molecule has 0 bridgehead atoms. The monoisotopic (exact) mass is 456 g/mol. The summed E-state index contributed by atoms with van der Waals surface area (Å²) in [6.45, 7) is 2.66. The maximum absolute atomic E-state index is 14.0. The molecule has 174 valence electrons. The second-order valence-corrected chi connectivity index (χ2v) is 9.67. The van der Waals surface area contributed by atoms with Crippen molar-refractivity contribution in [1.29, 1.82) is 5.26 Å². The Morgan fingerprint density at radius 2 is 1.97 bits per heavy atom. The molecule has 2 heterocycles. The molecule has 0 unspecified atom stereocenters. The summed E-state index contributed by atoms with van der Waals surface area (Å²) in [5.41, 5.74) is 3.40. The molecule has 1 fully saturated rings. The number of rotatable bonds is 5. The van der Waals surface area contributed by atoms with Crippen molar-refractivity contribution in [1.82, 2.24) is 9.88 Å². The lowest BCUT2D eigenvalue weighted by atomic mass is 9.71. The van der Waals surface area contributed by atoms with Gasteiger partial charge in [0, 0.05) is 18.5 Å². The highest BCUT2D eigenvalue weighted by Crippen LogP contribution is 2.41. The number of aromatic nitrogens is 1. The van der Waals surface area contributed by atoms with Crippen molar-refractivity contribution < 1.29 is 9.18 Å². The fourth-order valence-electron chi connectivity index (χ4n) is 5.50. The molecule has 1 saturated carbocycles. The molecule has 5 nitrogen and oxygen atoms in total.